The molecule has 4 aromatic carbocycles. The lowest BCUT2D eigenvalue weighted by Gasteiger charge is -2.44. The summed E-state index contributed by atoms with van der Waals surface area (Å²) in [5.74, 6) is 0.852. The van der Waals surface area contributed by atoms with Crippen molar-refractivity contribution in [1.82, 2.24) is 13.9 Å². The molecule has 0 amide bonds. The molecule has 310 valence electrons. The number of rotatable bonds is 15. The molecule has 2 aliphatic rings. The third-order valence-electron chi connectivity index (χ3n) is 11.2. The lowest BCUT2D eigenvalue weighted by Crippen LogP contribution is -2.67. The summed E-state index contributed by atoms with van der Waals surface area (Å²) in [6, 6.07) is 30.9. The Morgan fingerprint density at radius 3 is 2.36 bits per heavy atom. The molecular weight excluding hydrogens is 783 g/mol. The molecule has 4 heterocycles. The number of nitrogens with zero attached hydrogens (tertiary/aromatic N) is 3. The molecule has 0 saturated carbocycles. The van der Waals surface area contributed by atoms with Gasteiger partial charge >= 0.3 is 0 Å². The second kappa shape index (κ2) is 18.0. The molecule has 0 radical (unpaired) electrons. The number of methoxy groups -OCH3 is 2. The Labute approximate surface area is 350 Å². The summed E-state index contributed by atoms with van der Waals surface area (Å²) in [5.41, 5.74) is 3.23. The number of fused-ring (bicyclic) bond motifs is 2. The molecule has 8 rings (SSSR count). The van der Waals surface area contributed by atoms with E-state index in [-0.39, 0.29) is 35.9 Å². The highest BCUT2D eigenvalue weighted by molar-refractivity contribution is 7.14. The van der Waals surface area contributed by atoms with E-state index in [1.54, 1.807) is 14.2 Å². The van der Waals surface area contributed by atoms with Crippen LogP contribution in [0, 0.1) is 0 Å². The van der Waals surface area contributed by atoms with Gasteiger partial charge in [-0.25, -0.2) is 9.97 Å². The van der Waals surface area contributed by atoms with Gasteiger partial charge in [-0.05, 0) is 64.9 Å². The molecule has 6 aromatic rings. The monoisotopic (exact) mass is 835 g/mol. The van der Waals surface area contributed by atoms with Gasteiger partial charge in [0.2, 0.25) is 5.88 Å². The maximum atomic E-state index is 13.9. The summed E-state index contributed by atoms with van der Waals surface area (Å²) in [4.78, 5) is 23.9. The van der Waals surface area contributed by atoms with Crippen LogP contribution in [0.2, 0.25) is 5.04 Å². The summed E-state index contributed by atoms with van der Waals surface area (Å²) < 4.78 is 45.4. The van der Waals surface area contributed by atoms with E-state index in [1.807, 2.05) is 34.3 Å². The van der Waals surface area contributed by atoms with Crippen LogP contribution in [0.5, 0.6) is 11.6 Å². The van der Waals surface area contributed by atoms with Crippen molar-refractivity contribution in [2.75, 3.05) is 34.2 Å². The van der Waals surface area contributed by atoms with Gasteiger partial charge in [-0.3, -0.25) is 8.75 Å². The van der Waals surface area contributed by atoms with Crippen LogP contribution in [0.3, 0.4) is 0 Å². The molecule has 2 aliphatic heterocycles. The third-order valence-corrected chi connectivity index (χ3v) is 17.5. The quantitative estimate of drug-likeness (QED) is 0.0750. The van der Waals surface area contributed by atoms with Crippen molar-refractivity contribution in [1.29, 1.82) is 0 Å². The molecule has 0 spiro atoms. The third kappa shape index (κ3) is 8.60. The SMILES string of the molecule is COCOc1cc(COC2CCCCO2)cc2nc(OC)c(-c3cccc4c(=O)n(CC[C@@H]5C[C@@H](O[Si](c6ccccc6)(c6ccccc6)C(C)(C)C)CO5)sc34)nc12. The van der Waals surface area contributed by atoms with E-state index in [0.717, 1.165) is 41.5 Å². The molecule has 3 atom stereocenters. The van der Waals surface area contributed by atoms with Crippen LogP contribution in [0.25, 0.3) is 32.4 Å². The average Bonchev–Trinajstić information content (AvgIpc) is 3.85. The fourth-order valence-corrected chi connectivity index (χ4v) is 14.2. The van der Waals surface area contributed by atoms with Crippen molar-refractivity contribution in [2.24, 2.45) is 0 Å². The Kier molecular flexibility index (Phi) is 12.6. The molecule has 2 aromatic heterocycles. The molecule has 1 unspecified atom stereocenters. The van der Waals surface area contributed by atoms with Crippen LogP contribution in [0.1, 0.15) is 58.4 Å². The topological polar surface area (TPSA) is 112 Å². The lowest BCUT2D eigenvalue weighted by molar-refractivity contribution is -0.168. The van der Waals surface area contributed by atoms with E-state index in [2.05, 4.69) is 81.4 Å². The number of hydrogen-bond donors (Lipinski definition) is 0. The molecule has 2 fully saturated rings. The number of aromatic nitrogens is 3. The minimum atomic E-state index is -2.73. The van der Waals surface area contributed by atoms with E-state index in [9.17, 15) is 4.79 Å². The number of benzene rings is 4. The van der Waals surface area contributed by atoms with Crippen molar-refractivity contribution >= 4 is 51.3 Å². The van der Waals surface area contributed by atoms with Gasteiger partial charge in [-0.1, -0.05) is 105 Å². The van der Waals surface area contributed by atoms with Gasteiger partial charge in [0.1, 0.15) is 11.2 Å². The highest BCUT2D eigenvalue weighted by Crippen LogP contribution is 2.40. The smallest absolute Gasteiger partial charge is 0.268 e. The molecule has 2 saturated heterocycles. The molecule has 0 bridgehead atoms. The van der Waals surface area contributed by atoms with E-state index in [1.165, 1.54) is 21.9 Å². The van der Waals surface area contributed by atoms with Gasteiger partial charge in [0.15, 0.2) is 18.8 Å². The van der Waals surface area contributed by atoms with Crippen molar-refractivity contribution < 1.29 is 32.8 Å². The normalized spacial score (nSPS) is 18.8. The zero-order chi connectivity index (χ0) is 41.0. The summed E-state index contributed by atoms with van der Waals surface area (Å²) in [5, 5.41) is 2.99. The van der Waals surface area contributed by atoms with Crippen LogP contribution in [-0.4, -0.2) is 75.0 Å². The fourth-order valence-electron chi connectivity index (χ4n) is 8.42. The van der Waals surface area contributed by atoms with E-state index < -0.39 is 8.32 Å². The minimum Gasteiger partial charge on any atom is -0.479 e. The molecule has 59 heavy (non-hydrogen) atoms. The second-order valence-corrected chi connectivity index (χ2v) is 21.5. The molecular formula is C46H53N3O8SSi. The predicted octanol–water partition coefficient (Wildman–Crippen LogP) is 7.83. The summed E-state index contributed by atoms with van der Waals surface area (Å²) >= 11 is 1.42. The zero-order valence-corrected chi connectivity index (χ0v) is 36.3. The number of ether oxygens (including phenoxy) is 6. The van der Waals surface area contributed by atoms with Gasteiger partial charge in [-0.2, -0.15) is 0 Å². The first-order chi connectivity index (χ1) is 28.7. The first kappa shape index (κ1) is 41.3. The second-order valence-electron chi connectivity index (χ2n) is 16.3. The van der Waals surface area contributed by atoms with Gasteiger partial charge in [0.05, 0.1) is 48.1 Å². The first-order valence-electron chi connectivity index (χ1n) is 20.5. The van der Waals surface area contributed by atoms with E-state index in [4.69, 9.17) is 42.8 Å². The minimum absolute atomic E-state index is 0.0330. The van der Waals surface area contributed by atoms with Crippen LogP contribution in [-0.2, 0) is 36.5 Å². The molecule has 0 aliphatic carbocycles. The zero-order valence-electron chi connectivity index (χ0n) is 34.5. The van der Waals surface area contributed by atoms with E-state index in [0.29, 0.717) is 66.5 Å². The Hall–Kier alpha value is -4.47. The van der Waals surface area contributed by atoms with Gasteiger partial charge in [0, 0.05) is 32.2 Å². The van der Waals surface area contributed by atoms with Crippen molar-refractivity contribution in [3.05, 3.63) is 107 Å². The Morgan fingerprint density at radius 2 is 1.68 bits per heavy atom. The number of aryl methyl sites for hydroxylation is 1. The van der Waals surface area contributed by atoms with E-state index >= 15 is 0 Å². The standard InChI is InChI=1S/C46H53N3O8SSi/c1-46(2,3)59(34-15-8-6-9-16-34,35-17-10-7-11-18-35)57-33-27-32(54-29-33)22-23-49-45(50)37-20-14-19-36(43(37)58-49)41-44(52-5)47-38-25-31(28-55-40-21-12-13-24-53-40)26-39(42(38)48-41)56-30-51-4/h6-11,14-20,25-26,32-33,40H,12-13,21-24,27-30H2,1-5H3/t32-,33-,40?/m1/s1. The largest absolute Gasteiger partial charge is 0.479 e. The summed E-state index contributed by atoms with van der Waals surface area (Å²) in [7, 11) is 0.424. The maximum Gasteiger partial charge on any atom is 0.268 e. The van der Waals surface area contributed by atoms with Gasteiger partial charge in [0.25, 0.3) is 13.9 Å². The van der Waals surface area contributed by atoms with Crippen LogP contribution >= 0.6 is 11.5 Å². The highest BCUT2D eigenvalue weighted by Gasteiger charge is 2.52. The van der Waals surface area contributed by atoms with Crippen molar-refractivity contribution in [3.8, 4) is 22.9 Å². The molecule has 0 N–H and O–H groups in total. The number of hydrogen-bond acceptors (Lipinski definition) is 11. The highest BCUT2D eigenvalue weighted by atomic mass is 32.1. The lowest BCUT2D eigenvalue weighted by atomic mass is 10.1. The maximum absolute atomic E-state index is 13.9. The molecule has 11 nitrogen and oxygen atoms in total. The summed E-state index contributed by atoms with van der Waals surface area (Å²) in [6.07, 6.45) is 4.09. The summed E-state index contributed by atoms with van der Waals surface area (Å²) in [6.45, 7) is 8.98. The fraction of sp³-hybridized carbons (Fsp3) is 0.413. The predicted molar refractivity (Wildman–Crippen MR) is 234 cm³/mol. The Morgan fingerprint density at radius 1 is 0.915 bits per heavy atom. The first-order valence-corrected chi connectivity index (χ1v) is 23.1. The van der Waals surface area contributed by atoms with Gasteiger partial charge < -0.3 is 32.8 Å². The molecule has 13 heteroatoms. The van der Waals surface area contributed by atoms with Crippen molar-refractivity contribution in [2.45, 2.75) is 89.6 Å². The Balaban J connectivity index is 1.04. The van der Waals surface area contributed by atoms with Crippen LogP contribution in [0.15, 0.2) is 95.8 Å². The average molecular weight is 836 g/mol. The van der Waals surface area contributed by atoms with Crippen LogP contribution < -0.4 is 25.4 Å². The Bertz CT molecular complexity index is 2370. The van der Waals surface area contributed by atoms with Crippen molar-refractivity contribution in [3.63, 3.8) is 0 Å². The van der Waals surface area contributed by atoms with Crippen LogP contribution in [0.4, 0.5) is 0 Å². The van der Waals surface area contributed by atoms with Gasteiger partial charge in [-0.15, -0.1) is 0 Å².